The lowest BCUT2D eigenvalue weighted by atomic mass is 10.1. The molecule has 0 aromatic heterocycles. The lowest BCUT2D eigenvalue weighted by Crippen LogP contribution is -2.43. The average Bonchev–Trinajstić information content (AvgIpc) is 3.31. The van der Waals surface area contributed by atoms with Gasteiger partial charge < -0.3 is 15.4 Å². The molecule has 1 aliphatic heterocycles. The fourth-order valence-electron chi connectivity index (χ4n) is 4.65. The van der Waals surface area contributed by atoms with E-state index in [1.165, 1.54) is 13.2 Å². The third kappa shape index (κ3) is 7.38. The maximum Gasteiger partial charge on any atom is 0.337 e. The van der Waals surface area contributed by atoms with E-state index >= 15 is 0 Å². The summed E-state index contributed by atoms with van der Waals surface area (Å²) in [5.41, 5.74) is 3.16. The lowest BCUT2D eigenvalue weighted by Gasteiger charge is -2.23. The third-order valence-corrected chi connectivity index (χ3v) is 6.84. The SMILES string of the molecule is COC(=O)c1ccc(CN[C@H]2C[C@@H](C(=O)NCCc3ccccc3F)N(Cc3cccc(Cl)c3)C2)cc1. The second-order valence-corrected chi connectivity index (χ2v) is 9.65. The van der Waals surface area contributed by atoms with E-state index in [2.05, 4.69) is 15.5 Å². The molecule has 194 valence electrons. The van der Waals surface area contributed by atoms with Crippen LogP contribution < -0.4 is 10.6 Å². The number of ether oxygens (including phenoxy) is 1. The Labute approximate surface area is 221 Å². The highest BCUT2D eigenvalue weighted by molar-refractivity contribution is 6.30. The molecule has 8 heteroatoms. The van der Waals surface area contributed by atoms with Crippen molar-refractivity contribution in [3.63, 3.8) is 0 Å². The van der Waals surface area contributed by atoms with Gasteiger partial charge in [0.1, 0.15) is 5.82 Å². The van der Waals surface area contributed by atoms with E-state index < -0.39 is 0 Å². The Morgan fingerprint density at radius 3 is 2.57 bits per heavy atom. The number of likely N-dealkylation sites (tertiary alicyclic amines) is 1. The molecule has 1 heterocycles. The summed E-state index contributed by atoms with van der Waals surface area (Å²) >= 11 is 6.19. The fourth-order valence-corrected chi connectivity index (χ4v) is 4.86. The van der Waals surface area contributed by atoms with Crippen LogP contribution in [0, 0.1) is 5.82 Å². The van der Waals surface area contributed by atoms with E-state index in [4.69, 9.17) is 16.3 Å². The molecule has 3 aromatic rings. The van der Waals surface area contributed by atoms with Crippen LogP contribution in [0.2, 0.25) is 5.02 Å². The van der Waals surface area contributed by atoms with Gasteiger partial charge in [-0.25, -0.2) is 9.18 Å². The predicted molar refractivity (Wildman–Crippen MR) is 142 cm³/mol. The van der Waals surface area contributed by atoms with Gasteiger partial charge in [0.15, 0.2) is 0 Å². The van der Waals surface area contributed by atoms with Gasteiger partial charge in [-0.1, -0.05) is 54.1 Å². The Morgan fingerprint density at radius 1 is 1.05 bits per heavy atom. The number of benzene rings is 3. The van der Waals surface area contributed by atoms with Crippen LogP contribution in [-0.4, -0.2) is 49.1 Å². The van der Waals surface area contributed by atoms with E-state index in [0.29, 0.717) is 55.2 Å². The number of methoxy groups -OCH3 is 1. The van der Waals surface area contributed by atoms with Crippen LogP contribution >= 0.6 is 11.6 Å². The highest BCUT2D eigenvalue weighted by Gasteiger charge is 2.36. The second-order valence-electron chi connectivity index (χ2n) is 9.21. The first-order chi connectivity index (χ1) is 17.9. The molecular formula is C29H31ClFN3O3. The number of carbonyl (C=O) groups is 2. The summed E-state index contributed by atoms with van der Waals surface area (Å²) in [4.78, 5) is 27.0. The lowest BCUT2D eigenvalue weighted by molar-refractivity contribution is -0.125. The Hall–Kier alpha value is -3.26. The molecule has 6 nitrogen and oxygen atoms in total. The zero-order chi connectivity index (χ0) is 26.2. The Balaban J connectivity index is 1.38. The molecular weight excluding hydrogens is 493 g/mol. The number of esters is 1. The van der Waals surface area contributed by atoms with Crippen LogP contribution in [-0.2, 0) is 29.0 Å². The molecule has 1 amide bonds. The minimum atomic E-state index is -0.365. The van der Waals surface area contributed by atoms with Crippen molar-refractivity contribution in [2.75, 3.05) is 20.2 Å². The minimum Gasteiger partial charge on any atom is -0.465 e. The van der Waals surface area contributed by atoms with Crippen molar-refractivity contribution >= 4 is 23.5 Å². The Morgan fingerprint density at radius 2 is 1.84 bits per heavy atom. The monoisotopic (exact) mass is 523 g/mol. The molecule has 0 unspecified atom stereocenters. The van der Waals surface area contributed by atoms with E-state index in [0.717, 1.165) is 11.1 Å². The maximum absolute atomic E-state index is 13.9. The first kappa shape index (κ1) is 26.8. The van der Waals surface area contributed by atoms with Gasteiger partial charge in [0.2, 0.25) is 5.91 Å². The number of halogens is 2. The molecule has 37 heavy (non-hydrogen) atoms. The Bertz CT molecular complexity index is 1220. The second kappa shape index (κ2) is 12.8. The van der Waals surface area contributed by atoms with Gasteiger partial charge in [0, 0.05) is 37.2 Å². The van der Waals surface area contributed by atoms with Crippen molar-refractivity contribution in [1.82, 2.24) is 15.5 Å². The number of rotatable bonds is 10. The number of amides is 1. The first-order valence-electron chi connectivity index (χ1n) is 12.3. The molecule has 0 spiro atoms. The summed E-state index contributed by atoms with van der Waals surface area (Å²) in [5.74, 6) is -0.690. The minimum absolute atomic E-state index is 0.0647. The number of nitrogens with one attached hydrogen (secondary N) is 2. The molecule has 0 radical (unpaired) electrons. The van der Waals surface area contributed by atoms with Crippen molar-refractivity contribution in [3.05, 3.63) is 106 Å². The number of nitrogens with zero attached hydrogens (tertiary/aromatic N) is 1. The quantitative estimate of drug-likeness (QED) is 0.386. The van der Waals surface area contributed by atoms with Crippen LogP contribution in [0.1, 0.15) is 33.5 Å². The van der Waals surface area contributed by atoms with Gasteiger partial charge >= 0.3 is 5.97 Å². The van der Waals surface area contributed by atoms with E-state index in [9.17, 15) is 14.0 Å². The van der Waals surface area contributed by atoms with Gasteiger partial charge in [0.25, 0.3) is 0 Å². The fraction of sp³-hybridized carbons (Fsp3) is 0.310. The van der Waals surface area contributed by atoms with Gasteiger partial charge in [-0.2, -0.15) is 0 Å². The molecule has 0 aliphatic carbocycles. The van der Waals surface area contributed by atoms with Crippen molar-refractivity contribution in [3.8, 4) is 0 Å². The predicted octanol–water partition coefficient (Wildman–Crippen LogP) is 4.36. The van der Waals surface area contributed by atoms with E-state index in [-0.39, 0.29) is 29.8 Å². The molecule has 2 N–H and O–H groups in total. The summed E-state index contributed by atoms with van der Waals surface area (Å²) in [7, 11) is 1.36. The van der Waals surface area contributed by atoms with Gasteiger partial charge in [-0.15, -0.1) is 0 Å². The first-order valence-corrected chi connectivity index (χ1v) is 12.7. The third-order valence-electron chi connectivity index (χ3n) is 6.60. The Kier molecular flexibility index (Phi) is 9.28. The van der Waals surface area contributed by atoms with Crippen molar-refractivity contribution < 1.29 is 18.7 Å². The van der Waals surface area contributed by atoms with Gasteiger partial charge in [-0.3, -0.25) is 9.69 Å². The summed E-state index contributed by atoms with van der Waals surface area (Å²) in [5, 5.41) is 7.21. The number of carbonyl (C=O) groups excluding carboxylic acids is 2. The standard InChI is InChI=1S/C29H31ClFN3O3/c1-37-29(36)23-11-9-20(10-12-23)17-33-25-16-27(34(19-25)18-21-5-4-7-24(30)15-21)28(35)32-14-13-22-6-2-3-8-26(22)31/h2-12,15,25,27,33H,13-14,16-19H2,1H3,(H,32,35)/t25-,27-/m0/s1. The molecule has 1 fully saturated rings. The van der Waals surface area contributed by atoms with Crippen molar-refractivity contribution in [2.45, 2.75) is 38.0 Å². The topological polar surface area (TPSA) is 70.7 Å². The maximum atomic E-state index is 13.9. The molecule has 2 atom stereocenters. The molecule has 1 saturated heterocycles. The number of hydrogen-bond acceptors (Lipinski definition) is 5. The average molecular weight is 524 g/mol. The van der Waals surface area contributed by atoms with E-state index in [1.807, 2.05) is 36.4 Å². The van der Waals surface area contributed by atoms with Crippen LogP contribution in [0.15, 0.2) is 72.8 Å². The smallest absolute Gasteiger partial charge is 0.337 e. The highest BCUT2D eigenvalue weighted by atomic mass is 35.5. The van der Waals surface area contributed by atoms with Crippen LogP contribution in [0.3, 0.4) is 0 Å². The van der Waals surface area contributed by atoms with Crippen LogP contribution in [0.25, 0.3) is 0 Å². The molecule has 1 aliphatic rings. The van der Waals surface area contributed by atoms with Crippen LogP contribution in [0.4, 0.5) is 4.39 Å². The largest absolute Gasteiger partial charge is 0.465 e. The normalized spacial score (nSPS) is 17.5. The van der Waals surface area contributed by atoms with Gasteiger partial charge in [-0.05, 0) is 59.9 Å². The molecule has 3 aromatic carbocycles. The van der Waals surface area contributed by atoms with E-state index in [1.54, 1.807) is 30.3 Å². The number of hydrogen-bond donors (Lipinski definition) is 2. The zero-order valence-electron chi connectivity index (χ0n) is 20.8. The molecule has 0 saturated carbocycles. The zero-order valence-corrected chi connectivity index (χ0v) is 21.5. The summed E-state index contributed by atoms with van der Waals surface area (Å²) in [6.07, 6.45) is 1.08. The van der Waals surface area contributed by atoms with Gasteiger partial charge in [0.05, 0.1) is 18.7 Å². The molecule has 4 rings (SSSR count). The summed E-state index contributed by atoms with van der Waals surface area (Å²) in [6, 6.07) is 21.3. The summed E-state index contributed by atoms with van der Waals surface area (Å²) in [6.45, 7) is 2.26. The molecule has 0 bridgehead atoms. The van der Waals surface area contributed by atoms with Crippen LogP contribution in [0.5, 0.6) is 0 Å². The summed E-state index contributed by atoms with van der Waals surface area (Å²) < 4.78 is 18.7. The highest BCUT2D eigenvalue weighted by Crippen LogP contribution is 2.23. The van der Waals surface area contributed by atoms with Crippen molar-refractivity contribution in [1.29, 1.82) is 0 Å². The van der Waals surface area contributed by atoms with Crippen molar-refractivity contribution in [2.24, 2.45) is 0 Å².